The molecule has 0 saturated heterocycles. The van der Waals surface area contributed by atoms with Crippen LogP contribution in [0.3, 0.4) is 0 Å². The van der Waals surface area contributed by atoms with E-state index in [2.05, 4.69) is 20.1 Å². The molecule has 3 heterocycles. The summed E-state index contributed by atoms with van der Waals surface area (Å²) in [5.74, 6) is -0.179. The van der Waals surface area contributed by atoms with E-state index in [9.17, 15) is 9.59 Å². The molecule has 4 bridgehead atoms. The highest BCUT2D eigenvalue weighted by Crippen LogP contribution is 2.40. The number of carbonyl (C=O) groups excluding carboxylic acids is 2. The van der Waals surface area contributed by atoms with E-state index in [0.717, 1.165) is 24.0 Å². The maximum atomic E-state index is 13.1. The van der Waals surface area contributed by atoms with Crippen molar-refractivity contribution in [1.82, 2.24) is 0 Å². The van der Waals surface area contributed by atoms with Gasteiger partial charge in [-0.05, 0) is 44.7 Å². The maximum Gasteiger partial charge on any atom is 0.341 e. The second-order valence-electron chi connectivity index (χ2n) is 12.7. The molecule has 1 unspecified atom stereocenters. The number of allylic oxidation sites excluding steroid dienone is 1. The number of rotatable bonds is 19. The summed E-state index contributed by atoms with van der Waals surface area (Å²) in [5.41, 5.74) is 2.68. The van der Waals surface area contributed by atoms with Gasteiger partial charge < -0.3 is 18.6 Å². The van der Waals surface area contributed by atoms with Crippen LogP contribution in [0.25, 0.3) is 0 Å². The predicted molar refractivity (Wildman–Crippen MR) is 172 cm³/mol. The molecule has 0 radical (unpaired) electrons. The Morgan fingerprint density at radius 1 is 0.907 bits per heavy atom. The summed E-state index contributed by atoms with van der Waals surface area (Å²) in [6.07, 6.45) is 20.1. The molecule has 1 aromatic rings. The summed E-state index contributed by atoms with van der Waals surface area (Å²) in [7, 11) is 1.36. The second kappa shape index (κ2) is 18.3. The number of esters is 2. The number of ether oxygens (including phenoxy) is 3. The highest BCUT2D eigenvalue weighted by atomic mass is 16.6. The van der Waals surface area contributed by atoms with Crippen LogP contribution in [0, 0.1) is 5.92 Å². The number of hydrogen-bond acceptors (Lipinski definition) is 6. The van der Waals surface area contributed by atoms with E-state index in [1.54, 1.807) is 6.07 Å². The molecule has 0 N–H and O–H groups in total. The molecule has 4 atom stereocenters. The standard InChI is InChI=1S/C37H56O6/c1-7-8-9-10-11-12-13-14-15-16-17-18-19-20-21-41-31-22-28(26(2)3)23-32-30(36(38)40-6)25-33(42-32)35(27(4)5)34-24-29(31)37(39)43-34/h24-25,28,31,34-35H,2,4,7-23H2,1,3,5-6H3/t28-,31?,34-,35+/m1/s1. The average molecular weight is 597 g/mol. The van der Waals surface area contributed by atoms with Crippen molar-refractivity contribution in [2.24, 2.45) is 5.92 Å². The lowest BCUT2D eigenvalue weighted by Gasteiger charge is -2.24. The van der Waals surface area contributed by atoms with Crippen molar-refractivity contribution in [3.05, 3.63) is 59.1 Å². The lowest BCUT2D eigenvalue weighted by Crippen LogP contribution is -2.26. The van der Waals surface area contributed by atoms with Crippen molar-refractivity contribution >= 4 is 11.9 Å². The third-order valence-corrected chi connectivity index (χ3v) is 9.01. The Morgan fingerprint density at radius 2 is 1.49 bits per heavy atom. The number of fused-ring (bicyclic) bond motifs is 3. The van der Waals surface area contributed by atoms with Crippen molar-refractivity contribution in [2.75, 3.05) is 13.7 Å². The fourth-order valence-electron chi connectivity index (χ4n) is 6.34. The first-order valence-corrected chi connectivity index (χ1v) is 16.8. The zero-order chi connectivity index (χ0) is 31.2. The zero-order valence-corrected chi connectivity index (χ0v) is 27.3. The highest BCUT2D eigenvalue weighted by Gasteiger charge is 2.40. The van der Waals surface area contributed by atoms with E-state index in [0.29, 0.717) is 42.1 Å². The highest BCUT2D eigenvalue weighted by molar-refractivity contribution is 5.92. The smallest absolute Gasteiger partial charge is 0.341 e. The van der Waals surface area contributed by atoms with Gasteiger partial charge >= 0.3 is 11.9 Å². The van der Waals surface area contributed by atoms with E-state index in [1.807, 2.05) is 19.9 Å². The maximum absolute atomic E-state index is 13.1. The summed E-state index contributed by atoms with van der Waals surface area (Å²) >= 11 is 0. The van der Waals surface area contributed by atoms with Gasteiger partial charge in [-0.15, -0.1) is 0 Å². The molecule has 0 aliphatic carbocycles. The van der Waals surface area contributed by atoms with Crippen molar-refractivity contribution in [1.29, 1.82) is 0 Å². The van der Waals surface area contributed by atoms with Gasteiger partial charge in [-0.2, -0.15) is 0 Å². The van der Waals surface area contributed by atoms with Gasteiger partial charge in [0.15, 0.2) is 0 Å². The normalized spacial score (nSPS) is 21.6. The Labute approximate surface area is 260 Å². The van der Waals surface area contributed by atoms with Crippen molar-refractivity contribution < 1.29 is 28.2 Å². The van der Waals surface area contributed by atoms with Gasteiger partial charge in [-0.3, -0.25) is 0 Å². The first-order valence-electron chi connectivity index (χ1n) is 16.8. The molecule has 3 rings (SSSR count). The summed E-state index contributed by atoms with van der Waals surface area (Å²) in [6.45, 7) is 15.1. The monoisotopic (exact) mass is 596 g/mol. The van der Waals surface area contributed by atoms with Crippen LogP contribution < -0.4 is 0 Å². The van der Waals surface area contributed by atoms with Crippen molar-refractivity contribution in [3.8, 4) is 0 Å². The summed E-state index contributed by atoms with van der Waals surface area (Å²) in [5, 5.41) is 0. The third kappa shape index (κ3) is 10.5. The fourth-order valence-corrected chi connectivity index (χ4v) is 6.34. The molecule has 6 nitrogen and oxygen atoms in total. The minimum absolute atomic E-state index is 0.0575. The number of methoxy groups -OCH3 is 1. The molecule has 0 amide bonds. The number of unbranched alkanes of at least 4 members (excludes halogenated alkanes) is 13. The van der Waals surface area contributed by atoms with Crippen LogP contribution in [0.1, 0.15) is 145 Å². The van der Waals surface area contributed by atoms with Crippen molar-refractivity contribution in [3.63, 3.8) is 0 Å². The quantitative estimate of drug-likeness (QED) is 0.0899. The summed E-state index contributed by atoms with van der Waals surface area (Å²) in [6, 6.07) is 1.71. The molecule has 240 valence electrons. The predicted octanol–water partition coefficient (Wildman–Crippen LogP) is 9.58. The van der Waals surface area contributed by atoms with Crippen LogP contribution in [0.2, 0.25) is 0 Å². The molecule has 0 spiro atoms. The van der Waals surface area contributed by atoms with E-state index >= 15 is 0 Å². The molecule has 0 saturated carbocycles. The van der Waals surface area contributed by atoms with Gasteiger partial charge in [-0.25, -0.2) is 9.59 Å². The van der Waals surface area contributed by atoms with Crippen LogP contribution in [-0.2, 0) is 25.4 Å². The van der Waals surface area contributed by atoms with Gasteiger partial charge in [0.05, 0.1) is 24.7 Å². The minimum Gasteiger partial charge on any atom is -0.465 e. The van der Waals surface area contributed by atoms with Crippen LogP contribution in [-0.4, -0.2) is 37.9 Å². The molecule has 6 heteroatoms. The van der Waals surface area contributed by atoms with E-state index in [-0.39, 0.29) is 11.9 Å². The van der Waals surface area contributed by atoms with Gasteiger partial charge in [0.1, 0.15) is 23.2 Å². The van der Waals surface area contributed by atoms with Crippen LogP contribution in [0.4, 0.5) is 0 Å². The van der Waals surface area contributed by atoms with Gasteiger partial charge in [-0.1, -0.05) is 115 Å². The molecular formula is C37H56O6. The van der Waals surface area contributed by atoms with Crippen LogP contribution in [0.5, 0.6) is 0 Å². The Morgan fingerprint density at radius 3 is 2.02 bits per heavy atom. The topological polar surface area (TPSA) is 75.0 Å². The molecule has 0 fully saturated rings. The number of carbonyl (C=O) groups is 2. The largest absolute Gasteiger partial charge is 0.465 e. The lowest BCUT2D eigenvalue weighted by atomic mass is 9.86. The van der Waals surface area contributed by atoms with Gasteiger partial charge in [0.25, 0.3) is 0 Å². The summed E-state index contributed by atoms with van der Waals surface area (Å²) < 4.78 is 23.6. The minimum atomic E-state index is -0.571. The van der Waals surface area contributed by atoms with Gasteiger partial charge in [0.2, 0.25) is 0 Å². The Balaban J connectivity index is 1.54. The van der Waals surface area contributed by atoms with Crippen LogP contribution >= 0.6 is 0 Å². The molecule has 1 aromatic heterocycles. The zero-order valence-electron chi connectivity index (χ0n) is 27.3. The lowest BCUT2D eigenvalue weighted by molar-refractivity contribution is -0.141. The van der Waals surface area contributed by atoms with E-state index in [1.165, 1.54) is 84.2 Å². The third-order valence-electron chi connectivity index (χ3n) is 9.01. The molecule has 0 aromatic carbocycles. The molecule has 2 aliphatic rings. The van der Waals surface area contributed by atoms with Crippen LogP contribution in [0.15, 0.2) is 46.4 Å². The fraction of sp³-hybridized carbons (Fsp3) is 0.676. The van der Waals surface area contributed by atoms with E-state index in [4.69, 9.17) is 18.6 Å². The van der Waals surface area contributed by atoms with E-state index < -0.39 is 24.1 Å². The number of hydrogen-bond donors (Lipinski definition) is 0. The first-order chi connectivity index (χ1) is 20.8. The summed E-state index contributed by atoms with van der Waals surface area (Å²) in [4.78, 5) is 25.8. The van der Waals surface area contributed by atoms with Gasteiger partial charge in [0, 0.05) is 13.0 Å². The first kappa shape index (κ1) is 34.9. The Kier molecular flexibility index (Phi) is 14.8. The Hall–Kier alpha value is -2.60. The molecular weight excluding hydrogens is 540 g/mol. The average Bonchev–Trinajstić information content (AvgIpc) is 3.55. The molecule has 43 heavy (non-hydrogen) atoms. The second-order valence-corrected chi connectivity index (χ2v) is 12.7. The molecule has 2 aliphatic heterocycles. The number of furan rings is 1. The SMILES string of the molecule is C=C(C)[C@H]1Cc2oc(cc2C(=O)OC)[C@H](C(=C)C)[C@H]2C=C(C(=O)O2)C(OCCCCCCCCCCCCCCCC)C1. The Bertz CT molecular complexity index is 1090. The van der Waals surface area contributed by atoms with Crippen molar-refractivity contribution in [2.45, 2.75) is 142 Å².